The van der Waals surface area contributed by atoms with E-state index < -0.39 is 183 Å². The van der Waals surface area contributed by atoms with E-state index in [-0.39, 0.29) is 113 Å². The quantitative estimate of drug-likeness (QED) is 0.0116. The lowest BCUT2D eigenvalue weighted by Crippen LogP contribution is -2.60. The van der Waals surface area contributed by atoms with Gasteiger partial charge < -0.3 is 129 Å². The van der Waals surface area contributed by atoms with E-state index in [4.69, 9.17) is 34.4 Å². The topological polar surface area (TPSA) is 661 Å². The number of amides is 14. The highest BCUT2D eigenvalue weighted by Gasteiger charge is 2.40. The zero-order valence-corrected chi connectivity index (χ0v) is 60.3. The fourth-order valence-corrected chi connectivity index (χ4v) is 10.1. The van der Waals surface area contributed by atoms with Crippen LogP contribution in [0.4, 0.5) is 0 Å². The van der Waals surface area contributed by atoms with Crippen molar-refractivity contribution >= 4 is 107 Å². The third kappa shape index (κ3) is 38.0. The van der Waals surface area contributed by atoms with Crippen LogP contribution in [-0.2, 0) is 71.9 Å². The van der Waals surface area contributed by atoms with Crippen molar-refractivity contribution in [1.29, 1.82) is 0 Å². The van der Waals surface area contributed by atoms with E-state index in [1.807, 2.05) is 13.8 Å². The number of carbonyl (C=O) groups excluding carboxylic acids is 15. The summed E-state index contributed by atoms with van der Waals surface area (Å²) in [6.07, 6.45) is 0.525. The zero-order valence-electron chi connectivity index (χ0n) is 60.3. The van der Waals surface area contributed by atoms with Gasteiger partial charge in [-0.3, -0.25) is 82.1 Å². The van der Waals surface area contributed by atoms with Crippen molar-refractivity contribution in [2.75, 3.05) is 72.6 Å². The molecule has 28 N–H and O–H groups in total. The largest absolute Gasteiger partial charge is 0.394 e. The number of likely N-dealkylation sites (N-methyl/N-ethyl adjacent to an activating group) is 1. The lowest BCUT2D eigenvalue weighted by atomic mass is 10.0. The maximum atomic E-state index is 14.4. The van der Waals surface area contributed by atoms with Crippen LogP contribution in [0.15, 0.2) is 15.0 Å². The van der Waals surface area contributed by atoms with Crippen LogP contribution < -0.4 is 109 Å². The Bertz CT molecular complexity index is 2940. The van der Waals surface area contributed by atoms with Gasteiger partial charge in [0.25, 0.3) is 0 Å². The van der Waals surface area contributed by atoms with Crippen LogP contribution in [0.25, 0.3) is 0 Å². The Hall–Kier alpha value is -10.1. The molecule has 41 nitrogen and oxygen atoms in total. The molecule has 0 saturated carbocycles. The van der Waals surface area contributed by atoms with E-state index in [9.17, 15) is 82.1 Å². The van der Waals surface area contributed by atoms with Gasteiger partial charge in [0.15, 0.2) is 17.9 Å². The van der Waals surface area contributed by atoms with Crippen molar-refractivity contribution in [1.82, 2.24) is 79.3 Å². The highest BCUT2D eigenvalue weighted by molar-refractivity contribution is 5.99. The van der Waals surface area contributed by atoms with Crippen LogP contribution in [0.1, 0.15) is 126 Å². The first-order chi connectivity index (χ1) is 48.4. The minimum atomic E-state index is -1.70. The number of likely N-dealkylation sites (tertiary alicyclic amines) is 1. The highest BCUT2D eigenvalue weighted by atomic mass is 16.3. The second-order valence-corrected chi connectivity index (χ2v) is 25.9. The zero-order chi connectivity index (χ0) is 78.1. The van der Waals surface area contributed by atoms with E-state index in [2.05, 4.69) is 89.4 Å². The van der Waals surface area contributed by atoms with Gasteiger partial charge >= 0.3 is 0 Å². The van der Waals surface area contributed by atoms with Gasteiger partial charge in [-0.2, -0.15) is 0 Å². The molecule has 1 aliphatic rings. The minimum Gasteiger partial charge on any atom is -0.394 e. The van der Waals surface area contributed by atoms with Gasteiger partial charge in [0.1, 0.15) is 54.6 Å². The molecule has 0 aliphatic carbocycles. The molecule has 1 saturated heterocycles. The molecule has 11 atom stereocenters. The molecular formula is C62H112N24O17. The first-order valence-corrected chi connectivity index (χ1v) is 34.1. The van der Waals surface area contributed by atoms with Crippen LogP contribution >= 0.6 is 0 Å². The number of aliphatic hydroxyl groups excluding tert-OH is 2. The third-order valence-corrected chi connectivity index (χ3v) is 15.3. The predicted molar refractivity (Wildman–Crippen MR) is 377 cm³/mol. The summed E-state index contributed by atoms with van der Waals surface area (Å²) >= 11 is 0. The monoisotopic (exact) mass is 1460 g/mol. The lowest BCUT2D eigenvalue weighted by molar-refractivity contribution is -0.141. The number of nitrogens with two attached hydrogens (primary N) is 6. The van der Waals surface area contributed by atoms with Crippen LogP contribution in [0.5, 0.6) is 0 Å². The van der Waals surface area contributed by atoms with Gasteiger partial charge in [-0.15, -0.1) is 0 Å². The Morgan fingerprint density at radius 1 is 0.447 bits per heavy atom. The standard InChI is InChI=1S/C62H112N24O17/c1-32(2)22-40(54(98)82-38(15-11-19-71-61(65)66)52(96)80-39(16-12-20-72-62(67)68)53(97)83-41(23-33(3)4)55(99)81-37(14-10-18-70-60(63)64)51(95)78-35(7)30-87)79-49(94)29-76-47(92)27-74-45(90)25-73-46(91)26-75-48(93)28-77-58(102)50(36(8)89)85-56(100)43(31-88)84-57(101)44-17-13-21-86(44)59(103)42(69-9)24-34(5)6/h30,32-44,50,69,88-89H,10-29,31H2,1-9H3,(H,73,91)(H,74,90)(H,75,93)(H,76,92)(H,77,102)(H,78,95)(H,79,94)(H,80,96)(H,81,99)(H,82,98)(H,83,97)(H,84,101)(H,85,100)(H4,63,64,70)(H4,65,66,71)(H4,67,68,72)/t35-,36+,37?,38-,39?,40?,41-,42-,43-,44-,50-/m0/s1. The van der Waals surface area contributed by atoms with Gasteiger partial charge in [0.05, 0.1) is 57.5 Å². The van der Waals surface area contributed by atoms with Crippen LogP contribution in [-0.4, -0.2) is 261 Å². The molecule has 0 radical (unpaired) electrons. The fraction of sp³-hybridized carbons (Fsp3) is 0.710. The molecule has 0 spiro atoms. The maximum Gasteiger partial charge on any atom is 0.245 e. The summed E-state index contributed by atoms with van der Waals surface area (Å²) < 4.78 is 0. The fourth-order valence-electron chi connectivity index (χ4n) is 10.1. The van der Waals surface area contributed by atoms with Crippen LogP contribution in [0, 0.1) is 17.8 Å². The molecule has 582 valence electrons. The van der Waals surface area contributed by atoms with Gasteiger partial charge in [-0.25, -0.2) is 0 Å². The van der Waals surface area contributed by atoms with E-state index in [0.29, 0.717) is 32.1 Å². The van der Waals surface area contributed by atoms with Gasteiger partial charge in [0.2, 0.25) is 82.7 Å². The van der Waals surface area contributed by atoms with Crippen molar-refractivity contribution in [2.45, 2.75) is 193 Å². The second-order valence-electron chi connectivity index (χ2n) is 25.9. The molecule has 0 aromatic carbocycles. The van der Waals surface area contributed by atoms with Crippen molar-refractivity contribution in [3.05, 3.63) is 0 Å². The summed E-state index contributed by atoms with van der Waals surface area (Å²) in [7, 11) is 1.63. The Labute approximate surface area is 598 Å². The minimum absolute atomic E-state index is 0.00478. The molecule has 0 aromatic rings. The number of nitrogens with zero attached hydrogens (tertiary/aromatic N) is 4. The number of nitrogens with one attached hydrogen (secondary N) is 14. The Balaban J connectivity index is 3.02. The number of aliphatic hydroxyl groups is 2. The molecule has 1 fully saturated rings. The van der Waals surface area contributed by atoms with E-state index in [1.54, 1.807) is 34.7 Å². The van der Waals surface area contributed by atoms with Crippen LogP contribution in [0.2, 0.25) is 0 Å². The molecular weight excluding hydrogens is 1350 g/mol. The molecule has 1 aliphatic heterocycles. The summed E-state index contributed by atoms with van der Waals surface area (Å²) in [5.41, 5.74) is 33.0. The van der Waals surface area contributed by atoms with Gasteiger partial charge in [-0.1, -0.05) is 41.5 Å². The molecule has 1 heterocycles. The summed E-state index contributed by atoms with van der Waals surface area (Å²) in [5.74, 6) is -12.7. The summed E-state index contributed by atoms with van der Waals surface area (Å²) in [6, 6.07) is -12.3. The molecule has 0 aromatic heterocycles. The molecule has 41 heteroatoms. The molecule has 14 amide bonds. The highest BCUT2D eigenvalue weighted by Crippen LogP contribution is 2.21. The average Bonchev–Trinajstić information content (AvgIpc) is 1.77. The number of hydrogen-bond acceptors (Lipinski definition) is 21. The second kappa shape index (κ2) is 48.7. The predicted octanol–water partition coefficient (Wildman–Crippen LogP) is -10.1. The maximum absolute atomic E-state index is 14.4. The number of guanidine groups is 3. The lowest BCUT2D eigenvalue weighted by Gasteiger charge is -2.30. The Morgan fingerprint density at radius 2 is 0.796 bits per heavy atom. The first-order valence-electron chi connectivity index (χ1n) is 34.1. The van der Waals surface area contributed by atoms with Crippen molar-refractivity contribution in [3.63, 3.8) is 0 Å². The smallest absolute Gasteiger partial charge is 0.245 e. The number of hydrogen-bond donors (Lipinski definition) is 22. The Kier molecular flexibility index (Phi) is 43.0. The van der Waals surface area contributed by atoms with E-state index >= 15 is 0 Å². The van der Waals surface area contributed by atoms with Crippen molar-refractivity contribution in [3.8, 4) is 0 Å². The SMILES string of the molecule is CN[C@@H](CC(C)C)C(=O)N1CCC[C@H]1C(=O)N[C@@H](CO)C(=O)N[C@H](C(=O)NCC(=O)NCC(=O)NCC(=O)NCC(=O)NCC(=O)NC(CC(C)C)C(=O)N[C@@H](CCCN=C(N)N)C(=O)NC(CCCN=C(N)N)C(=O)N[C@@H](CC(C)C)C(=O)NC(CCCN=C(N)N)C(=O)N[C@@H](C)C=O)[C@@H](C)O. The van der Waals surface area contributed by atoms with E-state index in [0.717, 1.165) is 6.92 Å². The van der Waals surface area contributed by atoms with Gasteiger partial charge in [0, 0.05) is 26.2 Å². The normalized spacial score (nSPS) is 15.4. The first kappa shape index (κ1) is 91.0. The number of aliphatic imine (C=N–C) groups is 3. The summed E-state index contributed by atoms with van der Waals surface area (Å²) in [4.78, 5) is 211. The summed E-state index contributed by atoms with van der Waals surface area (Å²) in [6.45, 7) is 9.40. The van der Waals surface area contributed by atoms with E-state index in [1.165, 1.54) is 11.8 Å². The molecule has 0 bridgehead atoms. The van der Waals surface area contributed by atoms with Crippen molar-refractivity contribution in [2.24, 2.45) is 67.1 Å². The van der Waals surface area contributed by atoms with Crippen LogP contribution in [0.3, 0.4) is 0 Å². The third-order valence-electron chi connectivity index (χ3n) is 15.3. The van der Waals surface area contributed by atoms with Gasteiger partial charge in [-0.05, 0) is 109 Å². The number of aldehydes is 1. The van der Waals surface area contributed by atoms with Crippen molar-refractivity contribution < 1.29 is 82.1 Å². The number of rotatable bonds is 49. The molecule has 103 heavy (non-hydrogen) atoms. The average molecular weight is 1470 g/mol. The number of carbonyl (C=O) groups is 15. The molecule has 3 unspecified atom stereocenters. The Morgan fingerprint density at radius 3 is 1.17 bits per heavy atom. The summed E-state index contributed by atoms with van der Waals surface area (Å²) in [5, 5.41) is 54.7. The molecule has 1 rings (SSSR count).